The maximum Gasteiger partial charge on any atom is 0.336 e. The minimum absolute atomic E-state index is 0.00421. The molecule has 27 heavy (non-hydrogen) atoms. The molecule has 1 aromatic rings. The zero-order chi connectivity index (χ0) is 20.1. The molecule has 0 radical (unpaired) electrons. The van der Waals surface area contributed by atoms with Gasteiger partial charge in [0.25, 0.3) is 5.69 Å². The summed E-state index contributed by atoms with van der Waals surface area (Å²) in [5.74, 6) is -2.48. The number of carbonyl (C=O) groups excluding carboxylic acids is 3. The van der Waals surface area contributed by atoms with E-state index in [1.807, 2.05) is 0 Å². The van der Waals surface area contributed by atoms with E-state index in [1.54, 1.807) is 13.0 Å². The van der Waals surface area contributed by atoms with Crippen LogP contribution in [0.25, 0.3) is 0 Å². The van der Waals surface area contributed by atoms with Crippen LogP contribution in [0.5, 0.6) is 0 Å². The molecular weight excluding hydrogens is 356 g/mol. The summed E-state index contributed by atoms with van der Waals surface area (Å²) >= 11 is 0. The van der Waals surface area contributed by atoms with Gasteiger partial charge in [0.1, 0.15) is 0 Å². The lowest BCUT2D eigenvalue weighted by molar-refractivity contribution is -0.384. The van der Waals surface area contributed by atoms with Gasteiger partial charge in [0.05, 0.1) is 35.7 Å². The Morgan fingerprint density at radius 1 is 1.33 bits per heavy atom. The van der Waals surface area contributed by atoms with E-state index in [4.69, 9.17) is 9.47 Å². The zero-order valence-corrected chi connectivity index (χ0v) is 15.0. The molecule has 0 aliphatic carbocycles. The van der Waals surface area contributed by atoms with Crippen LogP contribution in [0.4, 0.5) is 5.69 Å². The standard InChI is InChI=1S/C18H18N2O7/c1-4-27-17(22)14-9-19(10-21)11(2)15(18(23)26-3)16(14)12-6-5-7-13(8-12)20(24)25/h5-10,16H,4H2,1-3H3. The molecule has 9 nitrogen and oxygen atoms in total. The molecular formula is C18H18N2O7. The molecule has 0 saturated carbocycles. The smallest absolute Gasteiger partial charge is 0.336 e. The second-order valence-electron chi connectivity index (χ2n) is 5.59. The van der Waals surface area contributed by atoms with Crippen molar-refractivity contribution in [2.45, 2.75) is 19.8 Å². The molecule has 1 atom stereocenters. The average molecular weight is 374 g/mol. The van der Waals surface area contributed by atoms with Gasteiger partial charge >= 0.3 is 11.9 Å². The first kappa shape index (κ1) is 19.8. The average Bonchev–Trinajstić information content (AvgIpc) is 2.67. The van der Waals surface area contributed by atoms with E-state index in [-0.39, 0.29) is 29.1 Å². The number of benzene rings is 1. The van der Waals surface area contributed by atoms with Crippen LogP contribution in [0.3, 0.4) is 0 Å². The third-order valence-corrected chi connectivity index (χ3v) is 4.10. The second kappa shape index (κ2) is 8.26. The Hall–Kier alpha value is -3.49. The van der Waals surface area contributed by atoms with Gasteiger partial charge in [-0.15, -0.1) is 0 Å². The van der Waals surface area contributed by atoms with Crippen LogP contribution in [-0.2, 0) is 23.9 Å². The number of ether oxygens (including phenoxy) is 2. The number of nitro groups is 1. The van der Waals surface area contributed by atoms with Crippen molar-refractivity contribution in [3.05, 3.63) is 63.0 Å². The molecule has 2 rings (SSSR count). The fraction of sp³-hybridized carbons (Fsp3) is 0.278. The topological polar surface area (TPSA) is 116 Å². The molecule has 1 aliphatic rings. The molecule has 0 fully saturated rings. The molecule has 142 valence electrons. The lowest BCUT2D eigenvalue weighted by Crippen LogP contribution is -2.31. The van der Waals surface area contributed by atoms with Crippen molar-refractivity contribution in [3.8, 4) is 0 Å². The van der Waals surface area contributed by atoms with Crippen LogP contribution in [0.1, 0.15) is 25.3 Å². The van der Waals surface area contributed by atoms with Gasteiger partial charge in [0.15, 0.2) is 0 Å². The number of esters is 2. The van der Waals surface area contributed by atoms with Gasteiger partial charge in [0, 0.05) is 24.0 Å². The Kier molecular flexibility index (Phi) is 6.07. The number of hydrogen-bond donors (Lipinski definition) is 0. The van der Waals surface area contributed by atoms with Crippen LogP contribution >= 0.6 is 0 Å². The normalized spacial score (nSPS) is 16.5. The largest absolute Gasteiger partial charge is 0.466 e. The van der Waals surface area contributed by atoms with Gasteiger partial charge in [-0.3, -0.25) is 19.8 Å². The van der Waals surface area contributed by atoms with E-state index in [9.17, 15) is 24.5 Å². The van der Waals surface area contributed by atoms with Gasteiger partial charge < -0.3 is 9.47 Å². The SMILES string of the molecule is CCOC(=O)C1=CN(C=O)C(C)=C(C(=O)OC)C1c1cccc([N+](=O)[O-])c1. The first-order valence-corrected chi connectivity index (χ1v) is 8.01. The van der Waals surface area contributed by atoms with Crippen molar-refractivity contribution in [1.29, 1.82) is 0 Å². The van der Waals surface area contributed by atoms with Gasteiger partial charge in [-0.05, 0) is 19.4 Å². The molecule has 0 N–H and O–H groups in total. The summed E-state index contributed by atoms with van der Waals surface area (Å²) in [5, 5.41) is 11.1. The quantitative estimate of drug-likeness (QED) is 0.324. The molecule has 1 amide bonds. The van der Waals surface area contributed by atoms with E-state index < -0.39 is 22.8 Å². The zero-order valence-electron chi connectivity index (χ0n) is 15.0. The van der Waals surface area contributed by atoms with Crippen molar-refractivity contribution in [3.63, 3.8) is 0 Å². The third-order valence-electron chi connectivity index (χ3n) is 4.10. The van der Waals surface area contributed by atoms with Crippen LogP contribution in [0, 0.1) is 10.1 Å². The summed E-state index contributed by atoms with van der Waals surface area (Å²) in [6, 6.07) is 5.57. The van der Waals surface area contributed by atoms with Crippen LogP contribution < -0.4 is 0 Å². The van der Waals surface area contributed by atoms with Crippen molar-refractivity contribution < 1.29 is 28.8 Å². The Balaban J connectivity index is 2.73. The lowest BCUT2D eigenvalue weighted by atomic mass is 9.81. The van der Waals surface area contributed by atoms with Crippen LogP contribution in [0.2, 0.25) is 0 Å². The van der Waals surface area contributed by atoms with Crippen molar-refractivity contribution >= 4 is 24.0 Å². The highest BCUT2D eigenvalue weighted by Crippen LogP contribution is 2.40. The number of methoxy groups -OCH3 is 1. The Bertz CT molecular complexity index is 857. The Morgan fingerprint density at radius 3 is 2.59 bits per heavy atom. The van der Waals surface area contributed by atoms with Crippen LogP contribution in [-0.4, -0.2) is 41.9 Å². The molecule has 1 aliphatic heterocycles. The van der Waals surface area contributed by atoms with Crippen molar-refractivity contribution in [2.75, 3.05) is 13.7 Å². The molecule has 0 spiro atoms. The molecule has 9 heteroatoms. The third kappa shape index (κ3) is 3.86. The summed E-state index contributed by atoms with van der Waals surface area (Å²) in [6.07, 6.45) is 1.71. The van der Waals surface area contributed by atoms with E-state index in [2.05, 4.69) is 0 Å². The maximum atomic E-state index is 12.5. The first-order chi connectivity index (χ1) is 12.8. The van der Waals surface area contributed by atoms with Crippen molar-refractivity contribution in [2.24, 2.45) is 0 Å². The fourth-order valence-electron chi connectivity index (χ4n) is 2.86. The monoisotopic (exact) mass is 374 g/mol. The molecule has 1 unspecified atom stereocenters. The second-order valence-corrected chi connectivity index (χ2v) is 5.59. The number of allylic oxidation sites excluding steroid dienone is 1. The number of nitrogens with zero attached hydrogens (tertiary/aromatic N) is 2. The van der Waals surface area contributed by atoms with Crippen LogP contribution in [0.15, 0.2) is 47.3 Å². The van der Waals surface area contributed by atoms with Gasteiger partial charge in [0.2, 0.25) is 6.41 Å². The summed E-state index contributed by atoms with van der Waals surface area (Å²) in [5.41, 5.74) is 0.400. The number of rotatable bonds is 6. The maximum absolute atomic E-state index is 12.5. The van der Waals surface area contributed by atoms with E-state index in [0.29, 0.717) is 12.0 Å². The number of hydrogen-bond acceptors (Lipinski definition) is 7. The number of nitro benzene ring substituents is 1. The van der Waals surface area contributed by atoms with Gasteiger partial charge in [-0.1, -0.05) is 12.1 Å². The highest BCUT2D eigenvalue weighted by molar-refractivity contribution is 5.99. The minimum Gasteiger partial charge on any atom is -0.466 e. The predicted molar refractivity (Wildman–Crippen MR) is 93.2 cm³/mol. The van der Waals surface area contributed by atoms with E-state index in [1.165, 1.54) is 38.4 Å². The molecule has 1 heterocycles. The van der Waals surface area contributed by atoms with Crippen molar-refractivity contribution in [1.82, 2.24) is 4.90 Å². The molecule has 0 aromatic heterocycles. The highest BCUT2D eigenvalue weighted by atomic mass is 16.6. The summed E-state index contributed by atoms with van der Waals surface area (Å²) in [6.45, 7) is 3.21. The van der Waals surface area contributed by atoms with Gasteiger partial charge in [-0.25, -0.2) is 9.59 Å². The van der Waals surface area contributed by atoms with Gasteiger partial charge in [-0.2, -0.15) is 0 Å². The minimum atomic E-state index is -0.979. The Morgan fingerprint density at radius 2 is 2.04 bits per heavy atom. The summed E-state index contributed by atoms with van der Waals surface area (Å²) in [7, 11) is 1.17. The number of non-ortho nitro benzene ring substituents is 1. The number of amides is 1. The first-order valence-electron chi connectivity index (χ1n) is 8.01. The Labute approximate surface area is 155 Å². The summed E-state index contributed by atoms with van der Waals surface area (Å²) < 4.78 is 9.86. The predicted octanol–water partition coefficient (Wildman–Crippen LogP) is 2.04. The molecule has 0 bridgehead atoms. The van der Waals surface area contributed by atoms with E-state index in [0.717, 1.165) is 4.90 Å². The molecule has 1 aromatic carbocycles. The lowest BCUT2D eigenvalue weighted by Gasteiger charge is -2.30. The summed E-state index contributed by atoms with van der Waals surface area (Å²) in [4.78, 5) is 47.9. The highest BCUT2D eigenvalue weighted by Gasteiger charge is 2.38. The number of carbonyl (C=O) groups is 3. The fourth-order valence-corrected chi connectivity index (χ4v) is 2.86. The molecule has 0 saturated heterocycles. The van der Waals surface area contributed by atoms with E-state index >= 15 is 0 Å².